The van der Waals surface area contributed by atoms with Gasteiger partial charge in [-0.1, -0.05) is 24.3 Å². The first kappa shape index (κ1) is 20.9. The van der Waals surface area contributed by atoms with Crippen molar-refractivity contribution in [2.75, 3.05) is 26.3 Å². The smallest absolute Gasteiger partial charge is 0.191 e. The molecule has 1 saturated carbocycles. The summed E-state index contributed by atoms with van der Waals surface area (Å²) >= 11 is 0. The van der Waals surface area contributed by atoms with Crippen LogP contribution in [0.25, 0.3) is 10.9 Å². The molecule has 1 heterocycles. The van der Waals surface area contributed by atoms with Gasteiger partial charge in [-0.3, -0.25) is 4.98 Å². The van der Waals surface area contributed by atoms with Gasteiger partial charge in [0.1, 0.15) is 0 Å². The Morgan fingerprint density at radius 1 is 1.23 bits per heavy atom. The van der Waals surface area contributed by atoms with Crippen molar-refractivity contribution in [1.29, 1.82) is 0 Å². The van der Waals surface area contributed by atoms with Gasteiger partial charge in [-0.2, -0.15) is 0 Å². The minimum Gasteiger partial charge on any atom is -0.381 e. The Hall–Kier alpha value is -1.41. The maximum atomic E-state index is 5.67. The van der Waals surface area contributed by atoms with E-state index in [0.29, 0.717) is 6.54 Å². The van der Waals surface area contributed by atoms with Crippen LogP contribution in [0.2, 0.25) is 0 Å². The molecule has 142 valence electrons. The lowest BCUT2D eigenvalue weighted by Gasteiger charge is -2.12. The molecule has 6 heteroatoms. The van der Waals surface area contributed by atoms with Crippen molar-refractivity contribution < 1.29 is 4.74 Å². The summed E-state index contributed by atoms with van der Waals surface area (Å²) in [5.74, 6) is 1.68. The van der Waals surface area contributed by atoms with Crippen molar-refractivity contribution in [2.24, 2.45) is 10.9 Å². The third kappa shape index (κ3) is 6.72. The molecule has 0 unspecified atom stereocenters. The zero-order chi connectivity index (χ0) is 17.3. The molecule has 1 aromatic carbocycles. The monoisotopic (exact) mass is 468 g/mol. The van der Waals surface area contributed by atoms with Crippen molar-refractivity contribution in [1.82, 2.24) is 15.6 Å². The first-order chi connectivity index (χ1) is 12.4. The first-order valence-corrected chi connectivity index (χ1v) is 9.29. The number of fused-ring (bicyclic) bond motifs is 1. The van der Waals surface area contributed by atoms with Crippen LogP contribution in [-0.4, -0.2) is 37.2 Å². The predicted octanol–water partition coefficient (Wildman–Crippen LogP) is 3.72. The van der Waals surface area contributed by atoms with Crippen molar-refractivity contribution in [2.45, 2.75) is 32.7 Å². The van der Waals surface area contributed by atoms with Crippen molar-refractivity contribution in [3.63, 3.8) is 0 Å². The number of benzene rings is 1. The Morgan fingerprint density at radius 2 is 2.08 bits per heavy atom. The van der Waals surface area contributed by atoms with E-state index in [1.165, 1.54) is 12.8 Å². The molecule has 2 aromatic rings. The molecule has 0 saturated heterocycles. The molecular formula is C20H29IN4O. The fraction of sp³-hybridized carbons (Fsp3) is 0.500. The Morgan fingerprint density at radius 3 is 2.88 bits per heavy atom. The second-order valence-electron chi connectivity index (χ2n) is 6.49. The summed E-state index contributed by atoms with van der Waals surface area (Å²) in [4.78, 5) is 9.20. The molecule has 0 radical (unpaired) electrons. The molecule has 0 amide bonds. The maximum Gasteiger partial charge on any atom is 0.191 e. The number of halogens is 1. The van der Waals surface area contributed by atoms with Gasteiger partial charge < -0.3 is 15.4 Å². The zero-order valence-corrected chi connectivity index (χ0v) is 17.7. The van der Waals surface area contributed by atoms with E-state index < -0.39 is 0 Å². The standard InChI is InChI=1S/C20H28N4O.HI/c1-2-21-20(23-12-5-13-25-15-16-9-10-16)24-14-18-7-3-6-17-8-4-11-22-19(17)18;/h3-4,6-8,11,16H,2,5,9-10,12-15H2,1H3,(H2,21,23,24);1H. The molecular weight excluding hydrogens is 439 g/mol. The van der Waals surface area contributed by atoms with Crippen LogP contribution in [0.15, 0.2) is 41.5 Å². The number of guanidine groups is 1. The number of aliphatic imine (C=N–C) groups is 1. The van der Waals surface area contributed by atoms with Gasteiger partial charge >= 0.3 is 0 Å². The van der Waals surface area contributed by atoms with Crippen LogP contribution in [-0.2, 0) is 11.3 Å². The zero-order valence-electron chi connectivity index (χ0n) is 15.4. The van der Waals surface area contributed by atoms with E-state index in [1.54, 1.807) is 0 Å². The molecule has 0 aliphatic heterocycles. The molecule has 1 aliphatic rings. The van der Waals surface area contributed by atoms with E-state index in [9.17, 15) is 0 Å². The van der Waals surface area contributed by atoms with Crippen LogP contribution >= 0.6 is 24.0 Å². The van der Waals surface area contributed by atoms with Gasteiger partial charge in [0.15, 0.2) is 5.96 Å². The molecule has 1 aromatic heterocycles. The third-order valence-corrected chi connectivity index (χ3v) is 4.28. The minimum absolute atomic E-state index is 0. The maximum absolute atomic E-state index is 5.67. The Balaban J connectivity index is 0.00000243. The van der Waals surface area contributed by atoms with Crippen molar-refractivity contribution >= 4 is 40.8 Å². The van der Waals surface area contributed by atoms with Crippen LogP contribution in [0.3, 0.4) is 0 Å². The molecule has 5 nitrogen and oxygen atoms in total. The lowest BCUT2D eigenvalue weighted by atomic mass is 10.1. The van der Waals surface area contributed by atoms with Gasteiger partial charge in [0, 0.05) is 37.9 Å². The summed E-state index contributed by atoms with van der Waals surface area (Å²) in [6, 6.07) is 10.3. The highest BCUT2D eigenvalue weighted by atomic mass is 127. The van der Waals surface area contributed by atoms with E-state index >= 15 is 0 Å². The van der Waals surface area contributed by atoms with Crippen LogP contribution in [0.5, 0.6) is 0 Å². The summed E-state index contributed by atoms with van der Waals surface area (Å²) in [6.07, 6.45) is 5.52. The van der Waals surface area contributed by atoms with E-state index in [0.717, 1.165) is 61.1 Å². The Bertz CT molecular complexity index is 698. The molecule has 1 aliphatic carbocycles. The van der Waals surface area contributed by atoms with Crippen molar-refractivity contribution in [3.8, 4) is 0 Å². The normalized spacial score (nSPS) is 14.1. The van der Waals surface area contributed by atoms with Gasteiger partial charge in [0.2, 0.25) is 0 Å². The van der Waals surface area contributed by atoms with Gasteiger partial charge in [-0.05, 0) is 43.7 Å². The molecule has 0 bridgehead atoms. The second kappa shape index (κ2) is 11.3. The molecule has 2 N–H and O–H groups in total. The molecule has 0 spiro atoms. The van der Waals surface area contributed by atoms with Gasteiger partial charge in [0.05, 0.1) is 12.1 Å². The van der Waals surface area contributed by atoms with E-state index in [1.807, 2.05) is 12.3 Å². The Labute approximate surface area is 173 Å². The third-order valence-electron chi connectivity index (χ3n) is 4.28. The quantitative estimate of drug-likeness (QED) is 0.255. The van der Waals surface area contributed by atoms with Crippen LogP contribution in [0.4, 0.5) is 0 Å². The summed E-state index contributed by atoms with van der Waals surface area (Å²) in [5, 5.41) is 7.83. The molecule has 1 fully saturated rings. The van der Waals surface area contributed by atoms with Crippen molar-refractivity contribution in [3.05, 3.63) is 42.1 Å². The number of nitrogens with zero attached hydrogens (tertiary/aromatic N) is 2. The van der Waals surface area contributed by atoms with E-state index in [-0.39, 0.29) is 24.0 Å². The highest BCUT2D eigenvalue weighted by Crippen LogP contribution is 2.28. The average Bonchev–Trinajstić information content (AvgIpc) is 3.46. The first-order valence-electron chi connectivity index (χ1n) is 9.29. The van der Waals surface area contributed by atoms with Crippen LogP contribution in [0.1, 0.15) is 31.7 Å². The highest BCUT2D eigenvalue weighted by molar-refractivity contribution is 14.0. The number of nitrogens with one attached hydrogen (secondary N) is 2. The van der Waals surface area contributed by atoms with Gasteiger partial charge in [0.25, 0.3) is 0 Å². The Kier molecular flexibility index (Phi) is 9.11. The summed E-state index contributed by atoms with van der Waals surface area (Å²) in [5.41, 5.74) is 2.17. The number of ether oxygens (including phenoxy) is 1. The minimum atomic E-state index is 0. The molecule has 3 rings (SSSR count). The number of pyridine rings is 1. The number of rotatable bonds is 9. The summed E-state index contributed by atoms with van der Waals surface area (Å²) < 4.78 is 5.67. The predicted molar refractivity (Wildman–Crippen MR) is 118 cm³/mol. The number of para-hydroxylation sites is 1. The largest absolute Gasteiger partial charge is 0.381 e. The number of hydrogen-bond acceptors (Lipinski definition) is 3. The van der Waals surface area contributed by atoms with E-state index in [4.69, 9.17) is 9.73 Å². The second-order valence-corrected chi connectivity index (χ2v) is 6.49. The average molecular weight is 468 g/mol. The SMILES string of the molecule is CCNC(=NCc1cccc2cccnc12)NCCCOCC1CC1.I. The molecule has 0 atom stereocenters. The number of aromatic nitrogens is 1. The lowest BCUT2D eigenvalue weighted by molar-refractivity contribution is 0.123. The summed E-state index contributed by atoms with van der Waals surface area (Å²) in [6.45, 7) is 6.15. The van der Waals surface area contributed by atoms with Crippen LogP contribution in [0, 0.1) is 5.92 Å². The highest BCUT2D eigenvalue weighted by Gasteiger charge is 2.20. The van der Waals surface area contributed by atoms with Gasteiger partial charge in [-0.15, -0.1) is 24.0 Å². The topological polar surface area (TPSA) is 58.5 Å². The lowest BCUT2D eigenvalue weighted by Crippen LogP contribution is -2.38. The summed E-state index contributed by atoms with van der Waals surface area (Å²) in [7, 11) is 0. The fourth-order valence-electron chi connectivity index (χ4n) is 2.72. The van der Waals surface area contributed by atoms with Gasteiger partial charge in [-0.25, -0.2) is 4.99 Å². The van der Waals surface area contributed by atoms with E-state index in [2.05, 4.69) is 46.8 Å². The molecule has 26 heavy (non-hydrogen) atoms. The number of hydrogen-bond donors (Lipinski definition) is 2. The van der Waals surface area contributed by atoms with Crippen LogP contribution < -0.4 is 10.6 Å². The fourth-order valence-corrected chi connectivity index (χ4v) is 2.72.